The van der Waals surface area contributed by atoms with E-state index in [1.165, 1.54) is 16.0 Å². The fraction of sp³-hybridized carbons (Fsp3) is 0.462. The van der Waals surface area contributed by atoms with E-state index >= 15 is 0 Å². The van der Waals surface area contributed by atoms with Gasteiger partial charge in [-0.25, -0.2) is 4.68 Å². The van der Waals surface area contributed by atoms with Crippen LogP contribution in [0.5, 0.6) is 0 Å². The highest BCUT2D eigenvalue weighted by Crippen LogP contribution is 2.31. The number of pyridine rings is 1. The van der Waals surface area contributed by atoms with E-state index in [-0.39, 0.29) is 17.1 Å². The summed E-state index contributed by atoms with van der Waals surface area (Å²) in [6, 6.07) is 10.4. The molecule has 0 bridgehead atoms. The number of aromatic nitrogens is 5. The quantitative estimate of drug-likeness (QED) is 0.362. The third-order valence-electron chi connectivity index (χ3n) is 6.28. The summed E-state index contributed by atoms with van der Waals surface area (Å²) in [6.45, 7) is 13.9. The lowest BCUT2D eigenvalue weighted by Gasteiger charge is -2.32. The van der Waals surface area contributed by atoms with Gasteiger partial charge in [0, 0.05) is 29.0 Å². The summed E-state index contributed by atoms with van der Waals surface area (Å²) in [7, 11) is 0. The van der Waals surface area contributed by atoms with Crippen molar-refractivity contribution in [1.29, 1.82) is 0 Å². The van der Waals surface area contributed by atoms with Gasteiger partial charge in [-0.3, -0.25) is 9.69 Å². The van der Waals surface area contributed by atoms with Crippen LogP contribution in [0.25, 0.3) is 10.9 Å². The lowest BCUT2D eigenvalue weighted by Crippen LogP contribution is -2.35. The average molecular weight is 479 g/mol. The maximum Gasteiger partial charge on any atom is 0.252 e. The van der Waals surface area contributed by atoms with Crippen LogP contribution in [-0.2, 0) is 18.6 Å². The number of hydrogen-bond donors (Lipinski definition) is 1. The lowest BCUT2D eigenvalue weighted by molar-refractivity contribution is 0.150. The number of aromatic amines is 1. The van der Waals surface area contributed by atoms with E-state index in [2.05, 4.69) is 96.6 Å². The monoisotopic (exact) mass is 478 g/mol. The first-order chi connectivity index (χ1) is 16.2. The molecular formula is C26H34N6OS. The molecule has 0 aliphatic rings. The molecule has 3 aromatic heterocycles. The minimum absolute atomic E-state index is 0.0174. The Hall–Kier alpha value is -2.84. The van der Waals surface area contributed by atoms with Crippen molar-refractivity contribution in [1.82, 2.24) is 30.1 Å². The molecule has 0 amide bonds. The predicted molar refractivity (Wildman–Crippen MR) is 138 cm³/mol. The highest BCUT2D eigenvalue weighted by molar-refractivity contribution is 7.09. The number of fused-ring (bicyclic) bond motifs is 1. The molecule has 1 aromatic carbocycles. The summed E-state index contributed by atoms with van der Waals surface area (Å²) in [6.07, 6.45) is 1.88. The minimum Gasteiger partial charge on any atom is -0.322 e. The SMILES string of the molecule is CCC[C@H](c1nnnn1C(C)(C)C)N(Cc1cccs1)Cc1cc2cc(C)c(C)cc2[nH]c1=O. The maximum atomic E-state index is 13.1. The number of H-pyrrole nitrogens is 1. The van der Waals surface area contributed by atoms with Gasteiger partial charge < -0.3 is 4.98 Å². The standard InChI is InChI=1S/C26H34N6OS/c1-7-9-23(24-28-29-30-32(24)26(4,5)6)31(16-21-10-8-11-34-21)15-20-14-19-12-17(2)18(3)13-22(19)27-25(20)33/h8,10-14,23H,7,9,15-16H2,1-6H3,(H,27,33)/t23-/m1/s1. The van der Waals surface area contributed by atoms with E-state index < -0.39 is 0 Å². The Morgan fingerprint density at radius 1 is 1.15 bits per heavy atom. The molecule has 0 saturated heterocycles. The second kappa shape index (κ2) is 9.80. The molecule has 8 heteroatoms. The molecule has 7 nitrogen and oxygen atoms in total. The molecule has 0 aliphatic heterocycles. The van der Waals surface area contributed by atoms with Gasteiger partial charge in [0.1, 0.15) is 0 Å². The van der Waals surface area contributed by atoms with E-state index in [0.717, 1.165) is 41.7 Å². The molecule has 0 saturated carbocycles. The van der Waals surface area contributed by atoms with E-state index in [1.807, 2.05) is 10.7 Å². The summed E-state index contributed by atoms with van der Waals surface area (Å²) in [5, 5.41) is 16.0. The Labute approximate surface area is 204 Å². The molecule has 0 fully saturated rings. The van der Waals surface area contributed by atoms with Crippen molar-refractivity contribution in [3.05, 3.63) is 73.5 Å². The number of thiophene rings is 1. The highest BCUT2D eigenvalue weighted by Gasteiger charge is 2.30. The Kier molecular flexibility index (Phi) is 7.00. The number of nitrogens with zero attached hydrogens (tertiary/aromatic N) is 5. The molecule has 4 aromatic rings. The summed E-state index contributed by atoms with van der Waals surface area (Å²) < 4.78 is 1.92. The van der Waals surface area contributed by atoms with Gasteiger partial charge in [-0.2, -0.15) is 0 Å². The molecular weight excluding hydrogens is 444 g/mol. The van der Waals surface area contributed by atoms with Crippen molar-refractivity contribution in [2.45, 2.75) is 79.1 Å². The van der Waals surface area contributed by atoms with Crippen LogP contribution >= 0.6 is 11.3 Å². The van der Waals surface area contributed by atoms with Crippen LogP contribution in [0.4, 0.5) is 0 Å². The van der Waals surface area contributed by atoms with Crippen LogP contribution < -0.4 is 5.56 Å². The van der Waals surface area contributed by atoms with Gasteiger partial charge >= 0.3 is 0 Å². The van der Waals surface area contributed by atoms with Crippen molar-refractivity contribution in [2.24, 2.45) is 0 Å². The normalized spacial score (nSPS) is 13.1. The number of tetrazole rings is 1. The van der Waals surface area contributed by atoms with Gasteiger partial charge in [0.05, 0.1) is 11.6 Å². The molecule has 34 heavy (non-hydrogen) atoms. The number of hydrogen-bond acceptors (Lipinski definition) is 6. The Morgan fingerprint density at radius 3 is 2.59 bits per heavy atom. The van der Waals surface area contributed by atoms with Crippen LogP contribution in [-0.4, -0.2) is 30.1 Å². The number of rotatable bonds is 8. The van der Waals surface area contributed by atoms with Crippen LogP contribution in [0, 0.1) is 13.8 Å². The molecule has 0 aliphatic carbocycles. The number of aryl methyl sites for hydroxylation is 2. The first-order valence-corrected chi connectivity index (χ1v) is 12.7. The fourth-order valence-electron chi connectivity index (χ4n) is 4.37. The average Bonchev–Trinajstić information content (AvgIpc) is 3.45. The van der Waals surface area contributed by atoms with Gasteiger partial charge in [-0.05, 0) is 97.6 Å². The van der Waals surface area contributed by atoms with Crippen molar-refractivity contribution in [3.8, 4) is 0 Å². The second-order valence-electron chi connectivity index (χ2n) is 10.1. The van der Waals surface area contributed by atoms with Crippen molar-refractivity contribution < 1.29 is 0 Å². The molecule has 0 radical (unpaired) electrons. The lowest BCUT2D eigenvalue weighted by atomic mass is 10.0. The second-order valence-corrected chi connectivity index (χ2v) is 11.1. The number of benzene rings is 1. The van der Waals surface area contributed by atoms with Gasteiger partial charge in [0.2, 0.25) is 0 Å². The minimum atomic E-state index is -0.241. The van der Waals surface area contributed by atoms with E-state index in [1.54, 1.807) is 11.3 Å². The van der Waals surface area contributed by atoms with Crippen LogP contribution in [0.2, 0.25) is 0 Å². The van der Waals surface area contributed by atoms with Crippen molar-refractivity contribution in [2.75, 3.05) is 0 Å². The van der Waals surface area contributed by atoms with Crippen LogP contribution in [0.15, 0.2) is 40.5 Å². The van der Waals surface area contributed by atoms with Crippen molar-refractivity contribution >= 4 is 22.2 Å². The third kappa shape index (κ3) is 5.13. The highest BCUT2D eigenvalue weighted by atomic mass is 32.1. The molecule has 0 unspecified atom stereocenters. The summed E-state index contributed by atoms with van der Waals surface area (Å²) in [4.78, 5) is 19.8. The first kappa shape index (κ1) is 24.3. The van der Waals surface area contributed by atoms with Crippen LogP contribution in [0.3, 0.4) is 0 Å². The summed E-state index contributed by atoms with van der Waals surface area (Å²) in [5.41, 5.74) is 3.74. The molecule has 4 rings (SSSR count). The molecule has 3 heterocycles. The Morgan fingerprint density at radius 2 is 1.91 bits per heavy atom. The number of nitrogens with one attached hydrogen (secondary N) is 1. The predicted octanol–water partition coefficient (Wildman–Crippen LogP) is 5.49. The van der Waals surface area contributed by atoms with Crippen LogP contribution in [0.1, 0.15) is 74.0 Å². The Bertz CT molecular complexity index is 1320. The van der Waals surface area contributed by atoms with E-state index in [9.17, 15) is 4.79 Å². The topological polar surface area (TPSA) is 79.7 Å². The smallest absolute Gasteiger partial charge is 0.252 e. The summed E-state index contributed by atoms with van der Waals surface area (Å²) in [5.74, 6) is 0.842. The van der Waals surface area contributed by atoms with Gasteiger partial charge in [0.25, 0.3) is 5.56 Å². The van der Waals surface area contributed by atoms with E-state index in [4.69, 9.17) is 0 Å². The summed E-state index contributed by atoms with van der Waals surface area (Å²) >= 11 is 1.73. The molecule has 180 valence electrons. The zero-order chi connectivity index (χ0) is 24.5. The molecule has 1 atom stereocenters. The van der Waals surface area contributed by atoms with Gasteiger partial charge in [-0.15, -0.1) is 16.4 Å². The largest absolute Gasteiger partial charge is 0.322 e. The zero-order valence-electron chi connectivity index (χ0n) is 20.9. The molecule has 1 N–H and O–H groups in total. The third-order valence-corrected chi connectivity index (χ3v) is 7.14. The maximum absolute atomic E-state index is 13.1. The zero-order valence-corrected chi connectivity index (χ0v) is 21.7. The van der Waals surface area contributed by atoms with E-state index in [0.29, 0.717) is 6.54 Å². The Balaban J connectivity index is 1.78. The van der Waals surface area contributed by atoms with Gasteiger partial charge in [-0.1, -0.05) is 19.4 Å². The van der Waals surface area contributed by atoms with Crippen molar-refractivity contribution in [3.63, 3.8) is 0 Å². The van der Waals surface area contributed by atoms with Gasteiger partial charge in [0.15, 0.2) is 5.82 Å². The first-order valence-electron chi connectivity index (χ1n) is 11.9. The molecule has 0 spiro atoms. The fourth-order valence-corrected chi connectivity index (χ4v) is 5.09.